The zero-order chi connectivity index (χ0) is 21.4. The number of alkyl halides is 3. The summed E-state index contributed by atoms with van der Waals surface area (Å²) in [6.45, 7) is 5.22. The third kappa shape index (κ3) is 4.61. The number of aryl methyl sites for hydroxylation is 1. The highest BCUT2D eigenvalue weighted by Crippen LogP contribution is 2.35. The molecule has 2 aliphatic rings. The molecule has 1 amide bonds. The summed E-state index contributed by atoms with van der Waals surface area (Å²) >= 11 is 0. The molecule has 0 N–H and O–H groups in total. The molecule has 2 saturated heterocycles. The van der Waals surface area contributed by atoms with Crippen LogP contribution in [0.5, 0.6) is 0 Å². The third-order valence-electron chi connectivity index (χ3n) is 5.99. The van der Waals surface area contributed by atoms with Gasteiger partial charge < -0.3 is 4.74 Å². The minimum atomic E-state index is -4.31. The predicted octanol–water partition coefficient (Wildman–Crippen LogP) is 5.00. The molecular formula is C23H25F3N2O2. The van der Waals surface area contributed by atoms with Gasteiger partial charge in [0.05, 0.1) is 12.1 Å². The Balaban J connectivity index is 1.31. The van der Waals surface area contributed by atoms with Gasteiger partial charge in [-0.3, -0.25) is 9.80 Å². The van der Waals surface area contributed by atoms with Crippen molar-refractivity contribution < 1.29 is 22.7 Å². The molecule has 0 aromatic heterocycles. The van der Waals surface area contributed by atoms with Gasteiger partial charge >= 0.3 is 12.3 Å². The van der Waals surface area contributed by atoms with Crippen molar-refractivity contribution in [1.29, 1.82) is 0 Å². The molecule has 7 heteroatoms. The monoisotopic (exact) mass is 418 g/mol. The van der Waals surface area contributed by atoms with Crippen LogP contribution in [-0.4, -0.2) is 41.1 Å². The number of halogens is 3. The Morgan fingerprint density at radius 2 is 1.50 bits per heavy atom. The lowest BCUT2D eigenvalue weighted by molar-refractivity contribution is -0.137. The number of ether oxygens (including phenoxy) is 1. The van der Waals surface area contributed by atoms with Crippen molar-refractivity contribution in [3.8, 4) is 0 Å². The van der Waals surface area contributed by atoms with Crippen molar-refractivity contribution in [2.45, 2.75) is 44.6 Å². The molecule has 0 bridgehead atoms. The zero-order valence-electron chi connectivity index (χ0n) is 16.9. The van der Waals surface area contributed by atoms with E-state index in [2.05, 4.69) is 4.90 Å². The van der Waals surface area contributed by atoms with E-state index in [4.69, 9.17) is 4.74 Å². The van der Waals surface area contributed by atoms with Gasteiger partial charge in [0.25, 0.3) is 0 Å². The Kier molecular flexibility index (Phi) is 5.49. The number of carbonyl (C=O) groups is 1. The Morgan fingerprint density at radius 3 is 2.10 bits per heavy atom. The van der Waals surface area contributed by atoms with Crippen LogP contribution in [0.2, 0.25) is 0 Å². The van der Waals surface area contributed by atoms with Crippen LogP contribution in [0, 0.1) is 6.92 Å². The minimum Gasteiger partial charge on any atom is -0.441 e. The van der Waals surface area contributed by atoms with Crippen molar-refractivity contribution in [2.24, 2.45) is 0 Å². The van der Waals surface area contributed by atoms with E-state index < -0.39 is 17.3 Å². The second-order valence-corrected chi connectivity index (χ2v) is 8.36. The Morgan fingerprint density at radius 1 is 0.933 bits per heavy atom. The molecule has 0 radical (unpaired) electrons. The summed E-state index contributed by atoms with van der Waals surface area (Å²) in [4.78, 5) is 16.4. The van der Waals surface area contributed by atoms with E-state index in [0.717, 1.165) is 49.2 Å². The maximum absolute atomic E-state index is 12.7. The van der Waals surface area contributed by atoms with Gasteiger partial charge in [-0.1, -0.05) is 42.0 Å². The van der Waals surface area contributed by atoms with Crippen LogP contribution in [0.3, 0.4) is 0 Å². The molecule has 4 nitrogen and oxygen atoms in total. The first kappa shape index (κ1) is 20.7. The number of benzene rings is 2. The number of rotatable bonds is 4. The summed E-state index contributed by atoms with van der Waals surface area (Å²) in [5.74, 6) is 0. The Labute approximate surface area is 174 Å². The molecule has 4 rings (SSSR count). The second kappa shape index (κ2) is 7.95. The lowest BCUT2D eigenvalue weighted by Gasteiger charge is -2.37. The molecule has 160 valence electrons. The topological polar surface area (TPSA) is 32.8 Å². The van der Waals surface area contributed by atoms with E-state index in [1.807, 2.05) is 31.2 Å². The fourth-order valence-electron chi connectivity index (χ4n) is 4.16. The molecule has 0 aliphatic carbocycles. The fraction of sp³-hybridized carbons (Fsp3) is 0.435. The largest absolute Gasteiger partial charge is 0.441 e. The van der Waals surface area contributed by atoms with Crippen molar-refractivity contribution in [3.05, 3.63) is 70.8 Å². The standard InChI is InChI=1S/C23H25F3N2O2/c1-17-2-4-19(5-3-17)15-28-16-22(30-21(28)29)10-12-27(13-11-22)14-18-6-8-20(9-7-18)23(24,25)26/h2-9H,10-16H2,1H3. The summed E-state index contributed by atoms with van der Waals surface area (Å²) in [5.41, 5.74) is 2.02. The van der Waals surface area contributed by atoms with Crippen LogP contribution in [0.25, 0.3) is 0 Å². The van der Waals surface area contributed by atoms with Crippen LogP contribution < -0.4 is 0 Å². The molecule has 2 aromatic carbocycles. The van der Waals surface area contributed by atoms with E-state index >= 15 is 0 Å². The first-order chi connectivity index (χ1) is 14.2. The van der Waals surface area contributed by atoms with Crippen LogP contribution in [-0.2, 0) is 24.0 Å². The SMILES string of the molecule is Cc1ccc(CN2CC3(CCN(Cc4ccc(C(F)(F)F)cc4)CC3)OC2=O)cc1. The summed E-state index contributed by atoms with van der Waals surface area (Å²) in [5, 5.41) is 0. The number of hydrogen-bond acceptors (Lipinski definition) is 3. The van der Waals surface area contributed by atoms with Gasteiger partial charge in [0.2, 0.25) is 0 Å². The number of amides is 1. The molecule has 2 fully saturated rings. The highest BCUT2D eigenvalue weighted by molar-refractivity contribution is 5.70. The molecule has 2 aromatic rings. The highest BCUT2D eigenvalue weighted by Gasteiger charge is 2.46. The van der Waals surface area contributed by atoms with Crippen LogP contribution in [0.15, 0.2) is 48.5 Å². The molecule has 30 heavy (non-hydrogen) atoms. The molecular weight excluding hydrogens is 393 g/mol. The molecule has 0 atom stereocenters. The molecule has 1 spiro atoms. The van der Waals surface area contributed by atoms with E-state index in [1.165, 1.54) is 17.7 Å². The molecule has 2 aliphatic heterocycles. The smallest absolute Gasteiger partial charge is 0.416 e. The summed E-state index contributed by atoms with van der Waals surface area (Å²) < 4.78 is 43.9. The maximum Gasteiger partial charge on any atom is 0.416 e. The van der Waals surface area contributed by atoms with Gasteiger partial charge in [0, 0.05) is 39.0 Å². The summed E-state index contributed by atoms with van der Waals surface area (Å²) in [6, 6.07) is 13.4. The lowest BCUT2D eigenvalue weighted by Crippen LogP contribution is -2.46. The van der Waals surface area contributed by atoms with Gasteiger partial charge in [-0.25, -0.2) is 4.79 Å². The highest BCUT2D eigenvalue weighted by atomic mass is 19.4. The number of carbonyl (C=O) groups excluding carboxylic acids is 1. The first-order valence-electron chi connectivity index (χ1n) is 10.1. The van der Waals surface area contributed by atoms with E-state index in [1.54, 1.807) is 4.90 Å². The second-order valence-electron chi connectivity index (χ2n) is 8.36. The summed E-state index contributed by atoms with van der Waals surface area (Å²) in [6.07, 6.45) is -3.13. The summed E-state index contributed by atoms with van der Waals surface area (Å²) in [7, 11) is 0. The fourth-order valence-corrected chi connectivity index (χ4v) is 4.16. The van der Waals surface area contributed by atoms with Gasteiger partial charge in [-0.2, -0.15) is 13.2 Å². The maximum atomic E-state index is 12.7. The average molecular weight is 418 g/mol. The van der Waals surface area contributed by atoms with Crippen molar-refractivity contribution in [3.63, 3.8) is 0 Å². The van der Waals surface area contributed by atoms with E-state index in [-0.39, 0.29) is 6.09 Å². The Hall–Kier alpha value is -2.54. The number of likely N-dealkylation sites (tertiary alicyclic amines) is 1. The van der Waals surface area contributed by atoms with E-state index in [9.17, 15) is 18.0 Å². The zero-order valence-corrected chi connectivity index (χ0v) is 16.9. The molecule has 0 saturated carbocycles. The van der Waals surface area contributed by atoms with Crippen molar-refractivity contribution >= 4 is 6.09 Å². The predicted molar refractivity (Wildman–Crippen MR) is 107 cm³/mol. The van der Waals surface area contributed by atoms with Crippen LogP contribution in [0.1, 0.15) is 35.1 Å². The third-order valence-corrected chi connectivity index (χ3v) is 5.99. The number of piperidine rings is 1. The number of hydrogen-bond donors (Lipinski definition) is 0. The quantitative estimate of drug-likeness (QED) is 0.701. The Bertz CT molecular complexity index is 886. The van der Waals surface area contributed by atoms with Gasteiger partial charge in [-0.15, -0.1) is 0 Å². The van der Waals surface area contributed by atoms with Crippen LogP contribution in [0.4, 0.5) is 18.0 Å². The van der Waals surface area contributed by atoms with Crippen molar-refractivity contribution in [2.75, 3.05) is 19.6 Å². The average Bonchev–Trinajstić information content (AvgIpc) is 3.00. The number of nitrogens with zero attached hydrogens (tertiary/aromatic N) is 2. The molecule has 0 unspecified atom stereocenters. The van der Waals surface area contributed by atoms with Crippen LogP contribution >= 0.6 is 0 Å². The first-order valence-corrected chi connectivity index (χ1v) is 10.1. The lowest BCUT2D eigenvalue weighted by atomic mass is 9.91. The van der Waals surface area contributed by atoms with E-state index in [0.29, 0.717) is 19.6 Å². The normalized spacial score (nSPS) is 19.3. The van der Waals surface area contributed by atoms with Gasteiger partial charge in [-0.05, 0) is 30.2 Å². The van der Waals surface area contributed by atoms with Crippen molar-refractivity contribution in [1.82, 2.24) is 9.80 Å². The van der Waals surface area contributed by atoms with Gasteiger partial charge in [0.1, 0.15) is 5.60 Å². The molecule has 2 heterocycles. The van der Waals surface area contributed by atoms with Gasteiger partial charge in [0.15, 0.2) is 0 Å². The minimum absolute atomic E-state index is 0.272.